The molecule has 3 heterocycles. The molecule has 1 aliphatic heterocycles. The lowest BCUT2D eigenvalue weighted by Gasteiger charge is -2.22. The Hall–Kier alpha value is -3.41. The van der Waals surface area contributed by atoms with Crippen LogP contribution in [0, 0.1) is 11.3 Å². The number of nitrogens with zero attached hydrogens (tertiary/aromatic N) is 2. The first kappa shape index (κ1) is 21.4. The van der Waals surface area contributed by atoms with Crippen LogP contribution in [0.2, 0.25) is 0 Å². The maximum Gasteiger partial charge on any atom is 0.338 e. The lowest BCUT2D eigenvalue weighted by atomic mass is 9.89. The van der Waals surface area contributed by atoms with Gasteiger partial charge in [0.1, 0.15) is 6.61 Å². The molecule has 3 aromatic rings. The number of hydrogen-bond donors (Lipinski definition) is 2. The highest BCUT2D eigenvalue weighted by Gasteiger charge is 2.23. The summed E-state index contributed by atoms with van der Waals surface area (Å²) in [6.45, 7) is 4.52. The van der Waals surface area contributed by atoms with E-state index in [1.807, 2.05) is 24.3 Å². The number of carbonyl (C=O) groups excluding carboxylic acids is 1. The standard InChI is InChI=1S/C27H29N3O3/c1-16(28)25(17(2)31)20-11-24-26(29-12-20)23(14-30(24)13-18-6-4-3-5-7-18)19-8-9-22-21(10-19)15-33-27(22)32/h8-12,14,18,28,31H,3-7,13,15H2,1-2H3/b25-17+,28-16?. The normalized spacial score (nSPS) is 17.1. The van der Waals surface area contributed by atoms with Crippen LogP contribution in [0.1, 0.15) is 67.4 Å². The number of benzene rings is 1. The van der Waals surface area contributed by atoms with Crippen molar-refractivity contribution in [1.29, 1.82) is 5.41 Å². The third kappa shape index (κ3) is 3.94. The second-order valence-electron chi connectivity index (χ2n) is 9.32. The number of esters is 1. The first-order chi connectivity index (χ1) is 15.9. The van der Waals surface area contributed by atoms with Gasteiger partial charge in [0.05, 0.1) is 22.4 Å². The van der Waals surface area contributed by atoms with Crippen molar-refractivity contribution in [3.05, 3.63) is 59.1 Å². The molecule has 6 nitrogen and oxygen atoms in total. The van der Waals surface area contributed by atoms with E-state index in [9.17, 15) is 9.90 Å². The summed E-state index contributed by atoms with van der Waals surface area (Å²) in [6, 6.07) is 7.88. The largest absolute Gasteiger partial charge is 0.512 e. The van der Waals surface area contributed by atoms with Gasteiger partial charge in [-0.25, -0.2) is 4.79 Å². The van der Waals surface area contributed by atoms with Gasteiger partial charge in [0, 0.05) is 46.9 Å². The molecule has 0 radical (unpaired) electrons. The number of fused-ring (bicyclic) bond motifs is 2. The van der Waals surface area contributed by atoms with E-state index in [2.05, 4.69) is 10.8 Å². The molecule has 1 aliphatic carbocycles. The summed E-state index contributed by atoms with van der Waals surface area (Å²) in [5, 5.41) is 18.3. The van der Waals surface area contributed by atoms with E-state index >= 15 is 0 Å². The van der Waals surface area contributed by atoms with Crippen LogP contribution in [-0.2, 0) is 17.9 Å². The Morgan fingerprint density at radius 2 is 1.97 bits per heavy atom. The second kappa shape index (κ2) is 8.50. The van der Waals surface area contributed by atoms with Crippen molar-refractivity contribution in [2.45, 2.75) is 59.1 Å². The first-order valence-electron chi connectivity index (χ1n) is 11.7. The highest BCUT2D eigenvalue weighted by Crippen LogP contribution is 2.35. The van der Waals surface area contributed by atoms with Gasteiger partial charge >= 0.3 is 5.97 Å². The van der Waals surface area contributed by atoms with Crippen molar-refractivity contribution >= 4 is 28.3 Å². The fraction of sp³-hybridized carbons (Fsp3) is 0.370. The molecule has 5 rings (SSSR count). The average molecular weight is 444 g/mol. The highest BCUT2D eigenvalue weighted by molar-refractivity contribution is 6.22. The molecule has 0 atom stereocenters. The number of allylic oxidation sites excluding steroid dienone is 2. The molecule has 6 heteroatoms. The van der Waals surface area contributed by atoms with Gasteiger partial charge in [0.15, 0.2) is 0 Å². The van der Waals surface area contributed by atoms with Crippen LogP contribution in [0.5, 0.6) is 0 Å². The van der Waals surface area contributed by atoms with Crippen molar-refractivity contribution < 1.29 is 14.6 Å². The predicted molar refractivity (Wildman–Crippen MR) is 129 cm³/mol. The van der Waals surface area contributed by atoms with Gasteiger partial charge in [0.25, 0.3) is 0 Å². The van der Waals surface area contributed by atoms with Gasteiger partial charge in [0.2, 0.25) is 0 Å². The van der Waals surface area contributed by atoms with E-state index in [0.29, 0.717) is 29.4 Å². The number of aromatic nitrogens is 2. The van der Waals surface area contributed by atoms with E-state index in [4.69, 9.17) is 15.1 Å². The predicted octanol–water partition coefficient (Wildman–Crippen LogP) is 6.28. The Kier molecular flexibility index (Phi) is 5.52. The zero-order valence-electron chi connectivity index (χ0n) is 19.1. The molecule has 0 bridgehead atoms. The van der Waals surface area contributed by atoms with Gasteiger partial charge in [-0.15, -0.1) is 0 Å². The van der Waals surface area contributed by atoms with Gasteiger partial charge in [-0.2, -0.15) is 0 Å². The minimum atomic E-state index is -0.264. The van der Waals surface area contributed by atoms with Crippen molar-refractivity contribution in [3.8, 4) is 11.1 Å². The Labute approximate surface area is 193 Å². The van der Waals surface area contributed by atoms with Crippen LogP contribution < -0.4 is 0 Å². The average Bonchev–Trinajstić information content (AvgIpc) is 3.34. The summed E-state index contributed by atoms with van der Waals surface area (Å²) in [4.78, 5) is 16.7. The van der Waals surface area contributed by atoms with Crippen molar-refractivity contribution in [2.24, 2.45) is 5.92 Å². The number of ether oxygens (including phenoxy) is 1. The van der Waals surface area contributed by atoms with Gasteiger partial charge < -0.3 is 19.8 Å². The summed E-state index contributed by atoms with van der Waals surface area (Å²) < 4.78 is 7.47. The zero-order chi connectivity index (χ0) is 23.1. The summed E-state index contributed by atoms with van der Waals surface area (Å²) in [7, 11) is 0. The van der Waals surface area contributed by atoms with E-state index in [-0.39, 0.29) is 11.7 Å². The molecule has 170 valence electrons. The van der Waals surface area contributed by atoms with Crippen LogP contribution in [-0.4, -0.2) is 26.3 Å². The number of hydrogen-bond acceptors (Lipinski definition) is 5. The quantitative estimate of drug-likeness (QED) is 0.276. The lowest BCUT2D eigenvalue weighted by Crippen LogP contribution is -2.13. The molecule has 1 fully saturated rings. The Morgan fingerprint density at radius 1 is 1.18 bits per heavy atom. The lowest BCUT2D eigenvalue weighted by molar-refractivity contribution is 0.0535. The van der Waals surface area contributed by atoms with E-state index in [0.717, 1.165) is 39.8 Å². The first-order valence-corrected chi connectivity index (χ1v) is 11.7. The van der Waals surface area contributed by atoms with Gasteiger partial charge in [-0.3, -0.25) is 4.98 Å². The molecule has 0 unspecified atom stereocenters. The van der Waals surface area contributed by atoms with Crippen LogP contribution in [0.25, 0.3) is 27.7 Å². The fourth-order valence-electron chi connectivity index (χ4n) is 5.31. The van der Waals surface area contributed by atoms with E-state index < -0.39 is 0 Å². The SMILES string of the molecule is CC(=N)/C(=C(/C)O)c1cnc2c(-c3ccc4c(c3)COC4=O)cn(CC3CCCCC3)c2c1. The molecule has 1 aromatic carbocycles. The molecule has 2 aliphatic rings. The Bertz CT molecular complexity index is 1290. The number of carbonyl (C=O) groups is 1. The number of pyridine rings is 1. The molecule has 2 N–H and O–H groups in total. The maximum atomic E-state index is 11.9. The molecule has 0 saturated heterocycles. The molecular weight excluding hydrogens is 414 g/mol. The monoisotopic (exact) mass is 443 g/mol. The summed E-state index contributed by atoms with van der Waals surface area (Å²) in [6.07, 6.45) is 10.3. The Balaban J connectivity index is 1.64. The van der Waals surface area contributed by atoms with E-state index in [1.54, 1.807) is 20.0 Å². The van der Waals surface area contributed by atoms with Crippen LogP contribution in [0.15, 0.2) is 42.4 Å². The fourth-order valence-corrected chi connectivity index (χ4v) is 5.31. The second-order valence-corrected chi connectivity index (χ2v) is 9.32. The summed E-state index contributed by atoms with van der Waals surface area (Å²) >= 11 is 0. The third-order valence-electron chi connectivity index (χ3n) is 6.92. The maximum absolute atomic E-state index is 11.9. The molecule has 0 spiro atoms. The number of rotatable bonds is 5. The summed E-state index contributed by atoms with van der Waals surface area (Å²) in [5.74, 6) is 0.494. The van der Waals surface area contributed by atoms with Crippen LogP contribution in [0.4, 0.5) is 0 Å². The highest BCUT2D eigenvalue weighted by atomic mass is 16.5. The number of aliphatic hydroxyl groups excluding tert-OH is 1. The summed E-state index contributed by atoms with van der Waals surface area (Å²) in [5.41, 5.74) is 7.03. The van der Waals surface area contributed by atoms with Gasteiger partial charge in [-0.1, -0.05) is 25.3 Å². The zero-order valence-corrected chi connectivity index (χ0v) is 19.1. The molecular formula is C27H29N3O3. The van der Waals surface area contributed by atoms with Crippen LogP contribution >= 0.6 is 0 Å². The molecule has 2 aromatic heterocycles. The minimum Gasteiger partial charge on any atom is -0.512 e. The number of aliphatic hydroxyl groups is 1. The molecule has 33 heavy (non-hydrogen) atoms. The minimum absolute atomic E-state index is 0.123. The number of nitrogens with one attached hydrogen (secondary N) is 1. The van der Waals surface area contributed by atoms with Crippen molar-refractivity contribution in [1.82, 2.24) is 9.55 Å². The van der Waals surface area contributed by atoms with Crippen molar-refractivity contribution in [3.63, 3.8) is 0 Å². The Morgan fingerprint density at radius 3 is 2.70 bits per heavy atom. The van der Waals surface area contributed by atoms with Crippen molar-refractivity contribution in [2.75, 3.05) is 0 Å². The topological polar surface area (TPSA) is 88.2 Å². The van der Waals surface area contributed by atoms with Gasteiger partial charge in [-0.05, 0) is 56.4 Å². The van der Waals surface area contributed by atoms with Crippen LogP contribution in [0.3, 0.4) is 0 Å². The smallest absolute Gasteiger partial charge is 0.338 e. The third-order valence-corrected chi connectivity index (χ3v) is 6.92. The molecule has 1 saturated carbocycles. The molecule has 0 amide bonds. The van der Waals surface area contributed by atoms with E-state index in [1.165, 1.54) is 32.1 Å². The number of cyclic esters (lactones) is 1.